The molecule has 0 saturated heterocycles. The van der Waals surface area contributed by atoms with Gasteiger partial charge in [-0.15, -0.1) is 0 Å². The van der Waals surface area contributed by atoms with E-state index in [-0.39, 0.29) is 15.9 Å². The van der Waals surface area contributed by atoms with E-state index in [0.29, 0.717) is 12.8 Å². The van der Waals surface area contributed by atoms with E-state index < -0.39 is 17.4 Å². The number of nitrogens with one attached hydrogen (secondary N) is 1. The highest BCUT2D eigenvalue weighted by Crippen LogP contribution is 2.17. The van der Waals surface area contributed by atoms with Gasteiger partial charge in [0, 0.05) is 5.56 Å². The molecule has 7 heteroatoms. The van der Waals surface area contributed by atoms with Crippen LogP contribution in [0.25, 0.3) is 0 Å². The summed E-state index contributed by atoms with van der Waals surface area (Å²) < 4.78 is 0. The number of pyridine rings is 1. The Bertz CT molecular complexity index is 487. The molecule has 0 saturated carbocycles. The zero-order valence-corrected chi connectivity index (χ0v) is 12.0. The summed E-state index contributed by atoms with van der Waals surface area (Å²) in [5, 5.41) is 11.8. The molecule has 0 spiro atoms. The number of nitrogens with zero attached hydrogens (tertiary/aromatic N) is 1. The van der Waals surface area contributed by atoms with Crippen LogP contribution in [0.1, 0.15) is 37.0 Å². The predicted molar refractivity (Wildman–Crippen MR) is 72.7 cm³/mol. The second-order valence-electron chi connectivity index (χ2n) is 4.34. The summed E-state index contributed by atoms with van der Waals surface area (Å²) in [7, 11) is 0. The Labute approximate surface area is 120 Å². The van der Waals surface area contributed by atoms with Crippen LogP contribution in [0.4, 0.5) is 0 Å². The fourth-order valence-corrected chi connectivity index (χ4v) is 2.10. The largest absolute Gasteiger partial charge is 0.480 e. The summed E-state index contributed by atoms with van der Waals surface area (Å²) >= 11 is 11.4. The highest BCUT2D eigenvalue weighted by atomic mass is 35.5. The van der Waals surface area contributed by atoms with Crippen LogP contribution in [0.3, 0.4) is 0 Å². The van der Waals surface area contributed by atoms with Crippen molar-refractivity contribution in [2.75, 3.05) is 0 Å². The van der Waals surface area contributed by atoms with Crippen molar-refractivity contribution in [3.63, 3.8) is 0 Å². The van der Waals surface area contributed by atoms with E-state index >= 15 is 0 Å². The number of hydrogen-bond donors (Lipinski definition) is 2. The van der Waals surface area contributed by atoms with Crippen molar-refractivity contribution in [2.45, 2.75) is 32.2 Å². The normalized spacial score (nSPS) is 13.7. The van der Waals surface area contributed by atoms with E-state index in [2.05, 4.69) is 10.3 Å². The first-order valence-electron chi connectivity index (χ1n) is 5.67. The first kappa shape index (κ1) is 15.7. The molecule has 0 aliphatic heterocycles. The predicted octanol–water partition coefficient (Wildman–Crippen LogP) is 2.76. The van der Waals surface area contributed by atoms with Crippen LogP contribution in [-0.4, -0.2) is 27.5 Å². The molecule has 5 nitrogen and oxygen atoms in total. The summed E-state index contributed by atoms with van der Waals surface area (Å²) in [5.41, 5.74) is -1.15. The van der Waals surface area contributed by atoms with Gasteiger partial charge in [0.2, 0.25) is 0 Å². The average Bonchev–Trinajstić information content (AvgIpc) is 2.27. The minimum absolute atomic E-state index is 0.0742. The zero-order valence-electron chi connectivity index (χ0n) is 10.5. The quantitative estimate of drug-likeness (QED) is 0.820. The van der Waals surface area contributed by atoms with Gasteiger partial charge in [0.05, 0.1) is 0 Å². The Morgan fingerprint density at radius 3 is 2.32 bits per heavy atom. The molecule has 0 fully saturated rings. The van der Waals surface area contributed by atoms with Crippen molar-refractivity contribution < 1.29 is 14.7 Å². The van der Waals surface area contributed by atoms with E-state index in [1.54, 1.807) is 0 Å². The maximum atomic E-state index is 12.0. The molecule has 1 aromatic rings. The lowest BCUT2D eigenvalue weighted by Gasteiger charge is -2.25. The van der Waals surface area contributed by atoms with E-state index in [9.17, 15) is 14.7 Å². The Morgan fingerprint density at radius 2 is 1.89 bits per heavy atom. The van der Waals surface area contributed by atoms with Crippen LogP contribution in [0.15, 0.2) is 12.1 Å². The van der Waals surface area contributed by atoms with Crippen molar-refractivity contribution in [2.24, 2.45) is 0 Å². The molecular weight excluding hydrogens is 291 g/mol. The SMILES string of the molecule is CCCC(C)(NC(=O)c1cc(Cl)nc(Cl)c1)C(=O)O. The number of halogens is 2. The number of carboxylic acids is 1. The van der Waals surface area contributed by atoms with Gasteiger partial charge < -0.3 is 10.4 Å². The molecule has 19 heavy (non-hydrogen) atoms. The van der Waals surface area contributed by atoms with E-state index in [4.69, 9.17) is 23.2 Å². The number of aliphatic carboxylic acids is 1. The molecule has 0 aliphatic rings. The third kappa shape index (κ3) is 4.08. The number of aromatic nitrogens is 1. The van der Waals surface area contributed by atoms with Gasteiger partial charge in [-0.25, -0.2) is 9.78 Å². The number of carbonyl (C=O) groups excluding carboxylic acids is 1. The van der Waals surface area contributed by atoms with E-state index in [1.165, 1.54) is 19.1 Å². The minimum Gasteiger partial charge on any atom is -0.480 e. The van der Waals surface area contributed by atoms with Gasteiger partial charge in [0.1, 0.15) is 15.8 Å². The van der Waals surface area contributed by atoms with E-state index in [0.717, 1.165) is 0 Å². The molecule has 0 bridgehead atoms. The van der Waals surface area contributed by atoms with Gasteiger partial charge in [0.25, 0.3) is 5.91 Å². The molecule has 0 aliphatic carbocycles. The summed E-state index contributed by atoms with van der Waals surface area (Å²) in [4.78, 5) is 27.0. The Morgan fingerprint density at radius 1 is 1.37 bits per heavy atom. The van der Waals surface area contributed by atoms with Crippen molar-refractivity contribution >= 4 is 35.1 Å². The summed E-state index contributed by atoms with van der Waals surface area (Å²) in [5.74, 6) is -1.64. The smallest absolute Gasteiger partial charge is 0.329 e. The number of carbonyl (C=O) groups is 2. The van der Waals surface area contributed by atoms with Gasteiger partial charge in [-0.1, -0.05) is 36.5 Å². The van der Waals surface area contributed by atoms with Gasteiger partial charge in [-0.05, 0) is 25.5 Å². The number of carboxylic acid groups (broad SMARTS) is 1. The monoisotopic (exact) mass is 304 g/mol. The lowest BCUT2D eigenvalue weighted by atomic mass is 9.96. The third-order valence-electron chi connectivity index (χ3n) is 2.64. The molecule has 1 heterocycles. The van der Waals surface area contributed by atoms with Gasteiger partial charge in [0.15, 0.2) is 0 Å². The maximum absolute atomic E-state index is 12.0. The Hall–Kier alpha value is -1.33. The molecule has 104 valence electrons. The zero-order chi connectivity index (χ0) is 14.6. The lowest BCUT2D eigenvalue weighted by Crippen LogP contribution is -2.52. The molecule has 2 N–H and O–H groups in total. The molecule has 1 rings (SSSR count). The minimum atomic E-state index is -1.33. The highest BCUT2D eigenvalue weighted by Gasteiger charge is 2.34. The molecule has 1 atom stereocenters. The van der Waals surface area contributed by atoms with Crippen LogP contribution in [0.5, 0.6) is 0 Å². The topological polar surface area (TPSA) is 79.3 Å². The maximum Gasteiger partial charge on any atom is 0.329 e. The standard InChI is InChI=1S/C12H14Cl2N2O3/c1-3-4-12(2,11(18)19)16-10(17)7-5-8(13)15-9(14)6-7/h5-6H,3-4H2,1-2H3,(H,16,17)(H,18,19). The van der Waals surface area contributed by atoms with Crippen molar-refractivity contribution in [1.82, 2.24) is 10.3 Å². The van der Waals surface area contributed by atoms with Crippen LogP contribution in [0, 0.1) is 0 Å². The van der Waals surface area contributed by atoms with E-state index in [1.807, 2.05) is 6.92 Å². The summed E-state index contributed by atoms with van der Waals surface area (Å²) in [6.07, 6.45) is 0.946. The first-order chi connectivity index (χ1) is 8.78. The van der Waals surface area contributed by atoms with Gasteiger partial charge in [-0.2, -0.15) is 0 Å². The average molecular weight is 305 g/mol. The molecule has 0 aromatic carbocycles. The van der Waals surface area contributed by atoms with Crippen LogP contribution < -0.4 is 5.32 Å². The fraction of sp³-hybridized carbons (Fsp3) is 0.417. The van der Waals surface area contributed by atoms with Crippen molar-refractivity contribution in [3.8, 4) is 0 Å². The Balaban J connectivity index is 2.97. The van der Waals surface area contributed by atoms with Crippen LogP contribution >= 0.6 is 23.2 Å². The van der Waals surface area contributed by atoms with Gasteiger partial charge >= 0.3 is 5.97 Å². The van der Waals surface area contributed by atoms with Gasteiger partial charge in [-0.3, -0.25) is 4.79 Å². The molecule has 1 amide bonds. The molecular formula is C12H14Cl2N2O3. The summed E-state index contributed by atoms with van der Waals surface area (Å²) in [6.45, 7) is 3.30. The molecule has 1 unspecified atom stereocenters. The lowest BCUT2D eigenvalue weighted by molar-refractivity contribution is -0.144. The Kier molecular flexibility index (Phi) is 5.14. The number of rotatable bonds is 5. The highest BCUT2D eigenvalue weighted by molar-refractivity contribution is 6.33. The van der Waals surface area contributed by atoms with Crippen molar-refractivity contribution in [3.05, 3.63) is 28.0 Å². The third-order valence-corrected chi connectivity index (χ3v) is 3.02. The van der Waals surface area contributed by atoms with Crippen LogP contribution in [0.2, 0.25) is 10.3 Å². The second kappa shape index (κ2) is 6.21. The first-order valence-corrected chi connectivity index (χ1v) is 6.43. The molecule has 1 aromatic heterocycles. The fourth-order valence-electron chi connectivity index (χ4n) is 1.64. The van der Waals surface area contributed by atoms with Crippen LogP contribution in [-0.2, 0) is 4.79 Å². The molecule has 0 radical (unpaired) electrons. The number of amides is 1. The second-order valence-corrected chi connectivity index (χ2v) is 5.12. The number of hydrogen-bond acceptors (Lipinski definition) is 3. The van der Waals surface area contributed by atoms with Crippen molar-refractivity contribution in [1.29, 1.82) is 0 Å². The summed E-state index contributed by atoms with van der Waals surface area (Å²) in [6, 6.07) is 2.66.